The molecular formula is C15H22N2. The number of hydrogen-bond acceptors (Lipinski definition) is 2. The summed E-state index contributed by atoms with van der Waals surface area (Å²) >= 11 is 0. The summed E-state index contributed by atoms with van der Waals surface area (Å²) < 4.78 is 0. The predicted octanol–water partition coefficient (Wildman–Crippen LogP) is 2.57. The van der Waals surface area contributed by atoms with Crippen molar-refractivity contribution in [2.45, 2.75) is 32.2 Å². The molecule has 1 N–H and O–H groups in total. The second-order valence-electron chi connectivity index (χ2n) is 5.44. The van der Waals surface area contributed by atoms with Crippen LogP contribution in [0.15, 0.2) is 18.2 Å². The monoisotopic (exact) mass is 230 g/mol. The molecule has 0 radical (unpaired) electrons. The summed E-state index contributed by atoms with van der Waals surface area (Å²) in [4.78, 5) is 2.61. The summed E-state index contributed by atoms with van der Waals surface area (Å²) in [5.74, 6) is 0.967. The van der Waals surface area contributed by atoms with Crippen LogP contribution in [0.4, 0.5) is 5.69 Å². The van der Waals surface area contributed by atoms with Crippen LogP contribution in [0.5, 0.6) is 0 Å². The molecular weight excluding hydrogens is 208 g/mol. The van der Waals surface area contributed by atoms with Crippen molar-refractivity contribution in [3.05, 3.63) is 29.3 Å². The van der Waals surface area contributed by atoms with Crippen molar-refractivity contribution in [2.75, 3.05) is 25.0 Å². The lowest BCUT2D eigenvalue weighted by Gasteiger charge is -2.31. The summed E-state index contributed by atoms with van der Waals surface area (Å²) in [7, 11) is 2.03. The number of nitrogens with one attached hydrogen (secondary N) is 1. The van der Waals surface area contributed by atoms with Gasteiger partial charge in [-0.15, -0.1) is 0 Å². The van der Waals surface area contributed by atoms with Crippen molar-refractivity contribution < 1.29 is 0 Å². The van der Waals surface area contributed by atoms with Gasteiger partial charge in [0, 0.05) is 25.3 Å². The Kier molecular flexibility index (Phi) is 3.06. The van der Waals surface area contributed by atoms with Gasteiger partial charge in [0.25, 0.3) is 0 Å². The smallest absolute Gasteiger partial charge is 0.0402 e. The molecule has 1 saturated carbocycles. The van der Waals surface area contributed by atoms with Crippen molar-refractivity contribution in [1.29, 1.82) is 0 Å². The number of rotatable bonds is 4. The molecule has 1 heterocycles. The predicted molar refractivity (Wildman–Crippen MR) is 72.5 cm³/mol. The number of nitrogens with zero attached hydrogens (tertiary/aromatic N) is 1. The van der Waals surface area contributed by atoms with E-state index in [1.807, 2.05) is 7.05 Å². The largest absolute Gasteiger partial charge is 0.371 e. The van der Waals surface area contributed by atoms with E-state index in [-0.39, 0.29) is 0 Å². The molecule has 2 aliphatic rings. The molecule has 0 spiro atoms. The maximum absolute atomic E-state index is 3.27. The SMILES string of the molecule is CNCc1cccc2c1CCN2CC1CCC1. The fraction of sp³-hybridized carbons (Fsp3) is 0.600. The maximum Gasteiger partial charge on any atom is 0.0402 e. The normalized spacial score (nSPS) is 19.2. The molecule has 0 atom stereocenters. The van der Waals surface area contributed by atoms with Crippen molar-refractivity contribution in [2.24, 2.45) is 5.92 Å². The lowest BCUT2D eigenvalue weighted by molar-refractivity contribution is 0.319. The van der Waals surface area contributed by atoms with Gasteiger partial charge in [-0.2, -0.15) is 0 Å². The molecule has 17 heavy (non-hydrogen) atoms. The Bertz CT molecular complexity index is 396. The second kappa shape index (κ2) is 4.69. The molecule has 0 amide bonds. The van der Waals surface area contributed by atoms with Crippen LogP contribution in [-0.2, 0) is 13.0 Å². The van der Waals surface area contributed by atoms with Crippen LogP contribution in [0, 0.1) is 5.92 Å². The molecule has 2 heteroatoms. The summed E-state index contributed by atoms with van der Waals surface area (Å²) in [5.41, 5.74) is 4.58. The molecule has 0 unspecified atom stereocenters. The molecule has 2 nitrogen and oxygen atoms in total. The fourth-order valence-electron chi connectivity index (χ4n) is 3.11. The van der Waals surface area contributed by atoms with Gasteiger partial charge in [0.1, 0.15) is 0 Å². The molecule has 1 fully saturated rings. The van der Waals surface area contributed by atoms with Gasteiger partial charge in [-0.1, -0.05) is 18.6 Å². The number of fused-ring (bicyclic) bond motifs is 1. The molecule has 1 aromatic carbocycles. The molecule has 1 aliphatic carbocycles. The zero-order valence-electron chi connectivity index (χ0n) is 10.7. The summed E-state index contributed by atoms with van der Waals surface area (Å²) in [6, 6.07) is 6.78. The van der Waals surface area contributed by atoms with Gasteiger partial charge < -0.3 is 10.2 Å². The Morgan fingerprint density at radius 2 is 2.24 bits per heavy atom. The highest BCUT2D eigenvalue weighted by molar-refractivity contribution is 5.61. The molecule has 0 saturated heterocycles. The first-order chi connectivity index (χ1) is 8.38. The first-order valence-electron chi connectivity index (χ1n) is 6.89. The van der Waals surface area contributed by atoms with Crippen molar-refractivity contribution in [3.8, 4) is 0 Å². The topological polar surface area (TPSA) is 15.3 Å². The minimum absolute atomic E-state index is 0.967. The third-order valence-corrected chi connectivity index (χ3v) is 4.29. The van der Waals surface area contributed by atoms with Crippen molar-refractivity contribution in [3.63, 3.8) is 0 Å². The number of benzene rings is 1. The van der Waals surface area contributed by atoms with E-state index in [2.05, 4.69) is 28.4 Å². The van der Waals surface area contributed by atoms with Gasteiger partial charge in [0.05, 0.1) is 0 Å². The molecule has 1 aromatic rings. The zero-order valence-corrected chi connectivity index (χ0v) is 10.7. The number of anilines is 1. The highest BCUT2D eigenvalue weighted by Gasteiger charge is 2.26. The minimum Gasteiger partial charge on any atom is -0.371 e. The molecule has 92 valence electrons. The second-order valence-corrected chi connectivity index (χ2v) is 5.44. The Labute approximate surface area is 104 Å². The van der Waals surface area contributed by atoms with Gasteiger partial charge in [-0.3, -0.25) is 0 Å². The average Bonchev–Trinajstić information content (AvgIpc) is 2.68. The van der Waals surface area contributed by atoms with Gasteiger partial charge in [-0.05, 0) is 49.4 Å². The van der Waals surface area contributed by atoms with Gasteiger partial charge in [0.15, 0.2) is 0 Å². The summed E-state index contributed by atoms with van der Waals surface area (Å²) in [6.45, 7) is 3.52. The lowest BCUT2D eigenvalue weighted by Crippen LogP contribution is -2.31. The van der Waals surface area contributed by atoms with Gasteiger partial charge in [-0.25, -0.2) is 0 Å². The molecule has 0 aromatic heterocycles. The van der Waals surface area contributed by atoms with Crippen LogP contribution in [0.2, 0.25) is 0 Å². The molecule has 3 rings (SSSR count). The van der Waals surface area contributed by atoms with E-state index in [9.17, 15) is 0 Å². The first kappa shape index (κ1) is 11.1. The quantitative estimate of drug-likeness (QED) is 0.855. The van der Waals surface area contributed by atoms with Crippen LogP contribution in [0.1, 0.15) is 30.4 Å². The van der Waals surface area contributed by atoms with E-state index in [0.717, 1.165) is 12.5 Å². The minimum atomic E-state index is 0.967. The third kappa shape index (κ3) is 2.06. The summed E-state index contributed by atoms with van der Waals surface area (Å²) in [5, 5.41) is 3.27. The van der Waals surface area contributed by atoms with E-state index < -0.39 is 0 Å². The zero-order chi connectivity index (χ0) is 11.7. The van der Waals surface area contributed by atoms with E-state index in [0.29, 0.717) is 0 Å². The Hall–Kier alpha value is -1.02. The van der Waals surface area contributed by atoms with Crippen LogP contribution >= 0.6 is 0 Å². The Balaban J connectivity index is 1.78. The number of hydrogen-bond donors (Lipinski definition) is 1. The van der Waals surface area contributed by atoms with E-state index in [1.165, 1.54) is 50.0 Å². The first-order valence-corrected chi connectivity index (χ1v) is 6.89. The molecule has 0 bridgehead atoms. The van der Waals surface area contributed by atoms with Crippen LogP contribution in [0.25, 0.3) is 0 Å². The average molecular weight is 230 g/mol. The van der Waals surface area contributed by atoms with Crippen LogP contribution in [-0.4, -0.2) is 20.1 Å². The fourth-order valence-corrected chi connectivity index (χ4v) is 3.11. The lowest BCUT2D eigenvalue weighted by atomic mass is 9.85. The van der Waals surface area contributed by atoms with Crippen LogP contribution in [0.3, 0.4) is 0 Å². The Morgan fingerprint density at radius 1 is 1.35 bits per heavy atom. The molecule has 1 aliphatic heterocycles. The van der Waals surface area contributed by atoms with Crippen molar-refractivity contribution >= 4 is 5.69 Å². The van der Waals surface area contributed by atoms with E-state index >= 15 is 0 Å². The Morgan fingerprint density at radius 3 is 2.94 bits per heavy atom. The summed E-state index contributed by atoms with van der Waals surface area (Å²) in [6.07, 6.45) is 5.58. The van der Waals surface area contributed by atoms with Crippen molar-refractivity contribution in [1.82, 2.24) is 5.32 Å². The van der Waals surface area contributed by atoms with Crippen LogP contribution < -0.4 is 10.2 Å². The standard InChI is InChI=1S/C15H22N2/c1-16-10-13-6-3-7-15-14(13)8-9-17(15)11-12-4-2-5-12/h3,6-7,12,16H,2,4-5,8-11H2,1H3. The third-order valence-electron chi connectivity index (χ3n) is 4.29. The highest BCUT2D eigenvalue weighted by Crippen LogP contribution is 2.34. The van der Waals surface area contributed by atoms with E-state index in [1.54, 1.807) is 5.56 Å². The highest BCUT2D eigenvalue weighted by atomic mass is 15.1. The maximum atomic E-state index is 3.27. The van der Waals surface area contributed by atoms with Gasteiger partial charge in [0.2, 0.25) is 0 Å². The van der Waals surface area contributed by atoms with Gasteiger partial charge >= 0.3 is 0 Å². The van der Waals surface area contributed by atoms with E-state index in [4.69, 9.17) is 0 Å².